The van der Waals surface area contributed by atoms with Crippen LogP contribution in [0.2, 0.25) is 0 Å². The Bertz CT molecular complexity index is 508. The highest BCUT2D eigenvalue weighted by molar-refractivity contribution is 5.27. The summed E-state index contributed by atoms with van der Waals surface area (Å²) in [6.07, 6.45) is 3.76. The summed E-state index contributed by atoms with van der Waals surface area (Å²) in [5, 5.41) is 0. The third-order valence-electron chi connectivity index (χ3n) is 2.89. The van der Waals surface area contributed by atoms with Crippen molar-refractivity contribution in [3.05, 3.63) is 48.0 Å². The van der Waals surface area contributed by atoms with Crippen LogP contribution in [-0.4, -0.2) is 29.4 Å². The molecule has 0 atom stereocenters. The summed E-state index contributed by atoms with van der Waals surface area (Å²) in [5.74, 6) is 1.91. The summed E-state index contributed by atoms with van der Waals surface area (Å²) >= 11 is 0. The molecule has 4 nitrogen and oxygen atoms in total. The van der Waals surface area contributed by atoms with Gasteiger partial charge in [0.1, 0.15) is 18.2 Å². The van der Waals surface area contributed by atoms with Crippen molar-refractivity contribution < 1.29 is 9.47 Å². The first kappa shape index (κ1) is 13.6. The van der Waals surface area contributed by atoms with E-state index in [1.54, 1.807) is 6.20 Å². The van der Waals surface area contributed by atoms with E-state index in [2.05, 4.69) is 22.5 Å². The van der Waals surface area contributed by atoms with Crippen LogP contribution in [0.4, 0.5) is 0 Å². The van der Waals surface area contributed by atoms with E-state index in [1.165, 1.54) is 5.56 Å². The number of ether oxygens (including phenoxy) is 2. The molecule has 1 aromatic carbocycles. The van der Waals surface area contributed by atoms with Crippen LogP contribution >= 0.6 is 0 Å². The molecule has 0 aliphatic heterocycles. The van der Waals surface area contributed by atoms with Gasteiger partial charge in [-0.1, -0.05) is 12.1 Å². The summed E-state index contributed by atoms with van der Waals surface area (Å²) in [5.41, 5.74) is 1.20. The summed E-state index contributed by atoms with van der Waals surface area (Å²) < 4.78 is 13.2. The lowest BCUT2D eigenvalue weighted by Gasteiger charge is -2.08. The highest BCUT2D eigenvalue weighted by Gasteiger charge is 1.97. The van der Waals surface area contributed by atoms with Crippen molar-refractivity contribution in [1.82, 2.24) is 9.55 Å². The van der Waals surface area contributed by atoms with E-state index >= 15 is 0 Å². The fraction of sp³-hybridized carbons (Fsp3) is 0.400. The van der Waals surface area contributed by atoms with Crippen LogP contribution in [-0.2, 0) is 11.3 Å². The third-order valence-corrected chi connectivity index (χ3v) is 2.89. The van der Waals surface area contributed by atoms with E-state index in [0.717, 1.165) is 18.1 Å². The zero-order valence-corrected chi connectivity index (χ0v) is 11.5. The Balaban J connectivity index is 1.59. The second-order valence-electron chi connectivity index (χ2n) is 4.45. The van der Waals surface area contributed by atoms with Gasteiger partial charge in [-0.2, -0.15) is 0 Å². The summed E-state index contributed by atoms with van der Waals surface area (Å²) in [6.45, 7) is 6.72. The van der Waals surface area contributed by atoms with Crippen molar-refractivity contribution in [3.63, 3.8) is 0 Å². The van der Waals surface area contributed by atoms with Crippen molar-refractivity contribution in [2.24, 2.45) is 0 Å². The number of aromatic nitrogens is 2. The van der Waals surface area contributed by atoms with E-state index in [4.69, 9.17) is 9.47 Å². The first-order valence-electron chi connectivity index (χ1n) is 6.50. The van der Waals surface area contributed by atoms with Gasteiger partial charge in [-0.3, -0.25) is 0 Å². The molecule has 1 aromatic heterocycles. The lowest BCUT2D eigenvalue weighted by molar-refractivity contribution is 0.0940. The fourth-order valence-corrected chi connectivity index (χ4v) is 1.83. The van der Waals surface area contributed by atoms with E-state index in [-0.39, 0.29) is 0 Å². The van der Waals surface area contributed by atoms with Crippen molar-refractivity contribution in [1.29, 1.82) is 0 Å². The van der Waals surface area contributed by atoms with Gasteiger partial charge in [-0.15, -0.1) is 0 Å². The number of nitrogens with zero attached hydrogens (tertiary/aromatic N) is 2. The van der Waals surface area contributed by atoms with Crippen LogP contribution in [0.15, 0.2) is 36.7 Å². The minimum atomic E-state index is 0.576. The Morgan fingerprint density at radius 2 is 2.05 bits per heavy atom. The van der Waals surface area contributed by atoms with Crippen LogP contribution in [0.3, 0.4) is 0 Å². The first-order valence-corrected chi connectivity index (χ1v) is 6.50. The molecule has 0 aliphatic carbocycles. The second-order valence-corrected chi connectivity index (χ2v) is 4.45. The number of benzene rings is 1. The zero-order chi connectivity index (χ0) is 13.5. The van der Waals surface area contributed by atoms with E-state index in [0.29, 0.717) is 19.8 Å². The lowest BCUT2D eigenvalue weighted by atomic mass is 10.2. The predicted molar refractivity (Wildman–Crippen MR) is 74.5 cm³/mol. The molecule has 0 N–H and O–H groups in total. The monoisotopic (exact) mass is 260 g/mol. The van der Waals surface area contributed by atoms with Crippen LogP contribution in [0.5, 0.6) is 5.75 Å². The third kappa shape index (κ3) is 4.41. The molecule has 102 valence electrons. The van der Waals surface area contributed by atoms with Crippen LogP contribution in [0, 0.1) is 13.8 Å². The van der Waals surface area contributed by atoms with Crippen LogP contribution in [0.25, 0.3) is 0 Å². The maximum absolute atomic E-state index is 5.60. The zero-order valence-electron chi connectivity index (χ0n) is 11.5. The van der Waals surface area contributed by atoms with E-state index < -0.39 is 0 Å². The molecule has 1 heterocycles. The van der Waals surface area contributed by atoms with Gasteiger partial charge in [-0.25, -0.2) is 4.98 Å². The molecular formula is C15H20N2O2. The summed E-state index contributed by atoms with van der Waals surface area (Å²) in [4.78, 5) is 4.16. The predicted octanol–water partition coefficient (Wildman–Crippen LogP) is 2.60. The van der Waals surface area contributed by atoms with Gasteiger partial charge in [0, 0.05) is 18.9 Å². The van der Waals surface area contributed by atoms with Crippen molar-refractivity contribution >= 4 is 0 Å². The molecule has 0 unspecified atom stereocenters. The van der Waals surface area contributed by atoms with Gasteiger partial charge >= 0.3 is 0 Å². The molecule has 0 saturated heterocycles. The molecule has 0 amide bonds. The topological polar surface area (TPSA) is 36.3 Å². The fourth-order valence-electron chi connectivity index (χ4n) is 1.83. The van der Waals surface area contributed by atoms with Gasteiger partial charge in [0.15, 0.2) is 0 Å². The van der Waals surface area contributed by atoms with Crippen molar-refractivity contribution in [2.45, 2.75) is 20.4 Å². The largest absolute Gasteiger partial charge is 0.491 e. The molecule has 0 fully saturated rings. The number of rotatable bonds is 7. The minimum absolute atomic E-state index is 0.576. The Kier molecular flexibility index (Phi) is 4.98. The molecule has 19 heavy (non-hydrogen) atoms. The van der Waals surface area contributed by atoms with Crippen LogP contribution in [0.1, 0.15) is 11.4 Å². The molecule has 2 aromatic rings. The van der Waals surface area contributed by atoms with Crippen LogP contribution < -0.4 is 4.74 Å². The molecular weight excluding hydrogens is 240 g/mol. The standard InChI is InChI=1S/C15H20N2O2/c1-13-4-3-5-15(12-13)19-11-10-18-9-8-17-7-6-16-14(17)2/h3-7,12H,8-11H2,1-2H3. The van der Waals surface area contributed by atoms with Gasteiger partial charge in [-0.05, 0) is 31.5 Å². The number of hydrogen-bond donors (Lipinski definition) is 0. The summed E-state index contributed by atoms with van der Waals surface area (Å²) in [6, 6.07) is 8.03. The Labute approximate surface area is 114 Å². The molecule has 0 aliphatic rings. The minimum Gasteiger partial charge on any atom is -0.491 e. The van der Waals surface area contributed by atoms with E-state index in [1.807, 2.05) is 31.3 Å². The van der Waals surface area contributed by atoms with Gasteiger partial charge in [0.2, 0.25) is 0 Å². The Hall–Kier alpha value is -1.81. The average molecular weight is 260 g/mol. The number of hydrogen-bond acceptors (Lipinski definition) is 3. The Morgan fingerprint density at radius 3 is 2.79 bits per heavy atom. The SMILES string of the molecule is Cc1cccc(OCCOCCn2ccnc2C)c1. The first-order chi connectivity index (χ1) is 9.25. The molecule has 0 spiro atoms. The summed E-state index contributed by atoms with van der Waals surface area (Å²) in [7, 11) is 0. The molecule has 0 saturated carbocycles. The second kappa shape index (κ2) is 6.95. The lowest BCUT2D eigenvalue weighted by Crippen LogP contribution is -2.11. The van der Waals surface area contributed by atoms with Crippen molar-refractivity contribution in [3.8, 4) is 5.75 Å². The molecule has 0 bridgehead atoms. The normalized spacial score (nSPS) is 10.6. The molecule has 2 rings (SSSR count). The average Bonchev–Trinajstić information content (AvgIpc) is 2.79. The molecule has 0 radical (unpaired) electrons. The maximum Gasteiger partial charge on any atom is 0.119 e. The van der Waals surface area contributed by atoms with Crippen molar-refractivity contribution in [2.75, 3.05) is 19.8 Å². The number of imidazole rings is 1. The highest BCUT2D eigenvalue weighted by Crippen LogP contribution is 2.11. The van der Waals surface area contributed by atoms with Gasteiger partial charge in [0.05, 0.1) is 13.2 Å². The maximum atomic E-state index is 5.60. The Morgan fingerprint density at radius 1 is 1.16 bits per heavy atom. The van der Waals surface area contributed by atoms with Gasteiger partial charge < -0.3 is 14.0 Å². The highest BCUT2D eigenvalue weighted by atomic mass is 16.5. The smallest absolute Gasteiger partial charge is 0.119 e. The molecule has 4 heteroatoms. The number of aryl methyl sites for hydroxylation is 2. The quantitative estimate of drug-likeness (QED) is 0.718. The van der Waals surface area contributed by atoms with Gasteiger partial charge in [0.25, 0.3) is 0 Å². The van der Waals surface area contributed by atoms with E-state index in [9.17, 15) is 0 Å².